The average molecular weight is 1080 g/mol. The average Bonchev–Trinajstić information content (AvgIpc) is 4.03. The Morgan fingerprint density at radius 3 is 1.32 bits per heavy atom. The van der Waals surface area contributed by atoms with Crippen LogP contribution in [0.5, 0.6) is 0 Å². The standard InChI is InChI=1S/C60H80F2N8O8/c1-33(63-9)53(73)67-51(59(3,4)5)57(77)69-31-35(24-47(69)55(75)65-45-18-12-14-37-29-41(61)20-22-43(37)45)26-49(71)39-16-11-17-40(28-39)50(72)27-36-25-48(56(76)66-46-19-13-15-38-30-42(62)21-23-44(38)46)70(32-36)58(78)52(60(6,7)8)68-54(74)34(2)64-10/h11,16-17,20-23,28-30,33-36,45-48,51-52,63-64H,12-15,18-19,24-27,31-32H2,1-10H3,(H,65,75)(H,66,76)(H,67,73)(H,68,74)/t33-,34-,35+,36+,45?,46?,47-,48-,51+,52+/m0/s1. The number of carbonyl (C=O) groups is 8. The molecule has 0 aromatic heterocycles. The third-order valence-electron chi connectivity index (χ3n) is 16.3. The van der Waals surface area contributed by atoms with Gasteiger partial charge in [0.15, 0.2) is 11.6 Å². The molecule has 422 valence electrons. The van der Waals surface area contributed by atoms with E-state index in [4.69, 9.17) is 0 Å². The highest BCUT2D eigenvalue weighted by molar-refractivity contribution is 6.02. The zero-order chi connectivity index (χ0) is 57.0. The topological polar surface area (TPSA) is 215 Å². The van der Waals surface area contributed by atoms with Gasteiger partial charge in [-0.3, -0.25) is 38.4 Å². The molecule has 3 aromatic rings. The second-order valence-corrected chi connectivity index (χ2v) is 24.3. The fraction of sp³-hybridized carbons (Fsp3) is 0.567. The van der Waals surface area contributed by atoms with Crippen molar-refractivity contribution < 1.29 is 47.1 Å². The lowest BCUT2D eigenvalue weighted by Crippen LogP contribution is -2.59. The van der Waals surface area contributed by atoms with Crippen LogP contribution < -0.4 is 31.9 Å². The number of likely N-dealkylation sites (tertiary alicyclic amines) is 2. The predicted molar refractivity (Wildman–Crippen MR) is 292 cm³/mol. The summed E-state index contributed by atoms with van der Waals surface area (Å²) in [5.74, 6) is -4.83. The molecule has 0 saturated carbocycles. The molecule has 16 nitrogen and oxygen atoms in total. The number of aryl methyl sites for hydroxylation is 2. The molecular weight excluding hydrogens is 999 g/mol. The van der Waals surface area contributed by atoms with Crippen LogP contribution in [0.2, 0.25) is 0 Å². The molecule has 6 amide bonds. The third kappa shape index (κ3) is 13.9. The van der Waals surface area contributed by atoms with E-state index in [1.54, 1.807) is 58.3 Å². The van der Waals surface area contributed by atoms with Crippen LogP contribution in [-0.2, 0) is 41.6 Å². The minimum Gasteiger partial charge on any atom is -0.347 e. The number of Topliss-reactive ketones (excluding diaryl/α,β-unsaturated/α-hetero) is 2. The van der Waals surface area contributed by atoms with E-state index in [0.29, 0.717) is 25.7 Å². The Labute approximate surface area is 457 Å². The van der Waals surface area contributed by atoms with Crippen molar-refractivity contribution in [1.29, 1.82) is 0 Å². The van der Waals surface area contributed by atoms with Crippen LogP contribution in [0, 0.1) is 34.3 Å². The normalized spacial score (nSPS) is 22.7. The molecule has 0 radical (unpaired) electrons. The van der Waals surface area contributed by atoms with Gasteiger partial charge < -0.3 is 41.7 Å². The number of hydrogen-bond acceptors (Lipinski definition) is 10. The summed E-state index contributed by atoms with van der Waals surface area (Å²) in [4.78, 5) is 116. The smallest absolute Gasteiger partial charge is 0.246 e. The van der Waals surface area contributed by atoms with Gasteiger partial charge in [0.25, 0.3) is 0 Å². The van der Waals surface area contributed by atoms with Crippen LogP contribution >= 0.6 is 0 Å². The highest BCUT2D eigenvalue weighted by atomic mass is 19.1. The van der Waals surface area contributed by atoms with E-state index in [1.807, 2.05) is 41.5 Å². The highest BCUT2D eigenvalue weighted by Crippen LogP contribution is 2.37. The second-order valence-electron chi connectivity index (χ2n) is 24.3. The summed E-state index contributed by atoms with van der Waals surface area (Å²) in [7, 11) is 3.28. The van der Waals surface area contributed by atoms with Crippen LogP contribution in [0.15, 0.2) is 60.7 Å². The van der Waals surface area contributed by atoms with Crippen molar-refractivity contribution in [3.05, 3.63) is 106 Å². The quantitative estimate of drug-likeness (QED) is 0.0793. The molecule has 2 heterocycles. The number of hydrogen-bond donors (Lipinski definition) is 6. The zero-order valence-electron chi connectivity index (χ0n) is 46.9. The van der Waals surface area contributed by atoms with Gasteiger partial charge in [-0.2, -0.15) is 0 Å². The maximum Gasteiger partial charge on any atom is 0.246 e. The Morgan fingerprint density at radius 2 is 0.962 bits per heavy atom. The number of ketones is 2. The maximum absolute atomic E-state index is 14.7. The number of nitrogens with zero attached hydrogens (tertiary/aromatic N) is 2. The molecule has 3 aromatic carbocycles. The van der Waals surface area contributed by atoms with Gasteiger partial charge in [-0.25, -0.2) is 8.78 Å². The van der Waals surface area contributed by atoms with Crippen molar-refractivity contribution in [1.82, 2.24) is 41.7 Å². The molecule has 2 fully saturated rings. The minimum absolute atomic E-state index is 0.0451. The van der Waals surface area contributed by atoms with Crippen molar-refractivity contribution in [2.45, 2.75) is 168 Å². The summed E-state index contributed by atoms with van der Waals surface area (Å²) in [5.41, 5.74) is 2.22. The Balaban J connectivity index is 1.09. The summed E-state index contributed by atoms with van der Waals surface area (Å²) in [6.07, 6.45) is 4.19. The van der Waals surface area contributed by atoms with Crippen LogP contribution in [0.3, 0.4) is 0 Å². The largest absolute Gasteiger partial charge is 0.347 e. The molecule has 2 unspecified atom stereocenters. The highest BCUT2D eigenvalue weighted by Gasteiger charge is 2.48. The molecule has 7 rings (SSSR count). The first-order valence-corrected chi connectivity index (χ1v) is 27.7. The molecule has 0 bridgehead atoms. The first-order valence-electron chi connectivity index (χ1n) is 27.7. The number of halogens is 2. The molecule has 4 aliphatic rings. The lowest BCUT2D eigenvalue weighted by atomic mass is 9.85. The molecule has 18 heteroatoms. The monoisotopic (exact) mass is 1080 g/mol. The van der Waals surface area contributed by atoms with Gasteiger partial charge in [0, 0.05) is 37.1 Å². The first kappa shape index (κ1) is 59.3. The third-order valence-corrected chi connectivity index (χ3v) is 16.3. The molecule has 10 atom stereocenters. The van der Waals surface area contributed by atoms with Gasteiger partial charge in [0.2, 0.25) is 35.4 Å². The Bertz CT molecular complexity index is 2590. The maximum atomic E-state index is 14.7. The summed E-state index contributed by atoms with van der Waals surface area (Å²) in [6.45, 7) is 14.4. The lowest BCUT2D eigenvalue weighted by molar-refractivity contribution is -0.144. The fourth-order valence-electron chi connectivity index (χ4n) is 11.6. The molecule has 2 saturated heterocycles. The Kier molecular flexibility index (Phi) is 18.8. The van der Waals surface area contributed by atoms with E-state index in [0.717, 1.165) is 35.1 Å². The number of carbonyl (C=O) groups excluding carboxylic acids is 8. The Morgan fingerprint density at radius 1 is 0.577 bits per heavy atom. The SMILES string of the molecule is CN[C@@H](C)C(=O)N[C@H](C(=O)N1C[C@@H](CC(=O)c2cccc(C(=O)C[C@H]3C[C@@H](C(=O)NC4CCCc5cc(F)ccc54)N(C(=O)[C@@H](NC(=O)[C@H](C)NC)C(C)(C)C)C3)c2)C[C@H]1C(=O)NC1CCCc2cc(F)ccc21)C(C)(C)C. The van der Waals surface area contributed by atoms with Crippen molar-refractivity contribution in [2.75, 3.05) is 27.2 Å². The van der Waals surface area contributed by atoms with Crippen molar-refractivity contribution in [3.63, 3.8) is 0 Å². The van der Waals surface area contributed by atoms with E-state index in [1.165, 1.54) is 40.1 Å². The molecular formula is C60H80F2N8O8. The fourth-order valence-corrected chi connectivity index (χ4v) is 11.6. The minimum atomic E-state index is -1.02. The van der Waals surface area contributed by atoms with Crippen LogP contribution in [0.1, 0.15) is 162 Å². The van der Waals surface area contributed by atoms with E-state index in [9.17, 15) is 47.1 Å². The summed E-state index contributed by atoms with van der Waals surface area (Å²) in [6, 6.07) is 9.38. The van der Waals surface area contributed by atoms with Crippen molar-refractivity contribution in [2.24, 2.45) is 22.7 Å². The van der Waals surface area contributed by atoms with Gasteiger partial charge >= 0.3 is 0 Å². The van der Waals surface area contributed by atoms with E-state index in [-0.39, 0.29) is 73.1 Å². The van der Waals surface area contributed by atoms with Crippen LogP contribution in [-0.4, -0.2) is 120 Å². The van der Waals surface area contributed by atoms with Gasteiger partial charge in [-0.15, -0.1) is 0 Å². The molecule has 78 heavy (non-hydrogen) atoms. The first-order chi connectivity index (χ1) is 36.8. The van der Waals surface area contributed by atoms with Gasteiger partial charge in [0.1, 0.15) is 35.8 Å². The molecule has 6 N–H and O–H groups in total. The zero-order valence-corrected chi connectivity index (χ0v) is 46.9. The van der Waals surface area contributed by atoms with E-state index in [2.05, 4.69) is 31.9 Å². The van der Waals surface area contributed by atoms with E-state index < -0.39 is 106 Å². The summed E-state index contributed by atoms with van der Waals surface area (Å²) in [5, 5.41) is 17.9. The summed E-state index contributed by atoms with van der Waals surface area (Å²) < 4.78 is 28.5. The molecule has 0 spiro atoms. The van der Waals surface area contributed by atoms with Gasteiger partial charge in [0.05, 0.1) is 24.2 Å². The summed E-state index contributed by atoms with van der Waals surface area (Å²) >= 11 is 0. The number of nitrogens with one attached hydrogen (secondary N) is 6. The van der Waals surface area contributed by atoms with Crippen molar-refractivity contribution >= 4 is 47.0 Å². The number of amides is 6. The van der Waals surface area contributed by atoms with Crippen LogP contribution in [0.4, 0.5) is 8.78 Å². The second kappa shape index (κ2) is 24.7. The van der Waals surface area contributed by atoms with Gasteiger partial charge in [-0.05, 0) is 155 Å². The van der Waals surface area contributed by atoms with Crippen molar-refractivity contribution in [3.8, 4) is 0 Å². The number of benzene rings is 3. The van der Waals surface area contributed by atoms with Crippen LogP contribution in [0.25, 0.3) is 0 Å². The molecule has 2 aliphatic carbocycles. The Hall–Kier alpha value is -6.40. The lowest BCUT2D eigenvalue weighted by Gasteiger charge is -2.36. The number of fused-ring (bicyclic) bond motifs is 2. The number of rotatable bonds is 18. The van der Waals surface area contributed by atoms with E-state index >= 15 is 0 Å². The van der Waals surface area contributed by atoms with Gasteiger partial charge in [-0.1, -0.05) is 71.9 Å². The predicted octanol–water partition coefficient (Wildman–Crippen LogP) is 6.21. The molecule has 2 aliphatic heterocycles. The number of likely N-dealkylation sites (N-methyl/N-ethyl adjacent to an activating group) is 2.